The number of ketones is 1. The highest BCUT2D eigenvalue weighted by Gasteiger charge is 2.46. The quantitative estimate of drug-likeness (QED) is 0.232. The van der Waals surface area contributed by atoms with Crippen molar-refractivity contribution in [1.82, 2.24) is 9.88 Å². The number of benzene rings is 2. The van der Waals surface area contributed by atoms with Crippen molar-refractivity contribution in [3.63, 3.8) is 0 Å². The summed E-state index contributed by atoms with van der Waals surface area (Å²) >= 11 is 2.20. The van der Waals surface area contributed by atoms with E-state index in [0.29, 0.717) is 11.3 Å². The van der Waals surface area contributed by atoms with Crippen LogP contribution in [0.15, 0.2) is 78.6 Å². The molecule has 2 heterocycles. The fraction of sp³-hybridized carbons (Fsp3) is 0.125. The summed E-state index contributed by atoms with van der Waals surface area (Å²) < 4.78 is 6.27. The maximum absolute atomic E-state index is 13.1. The number of amides is 1. The van der Waals surface area contributed by atoms with Gasteiger partial charge < -0.3 is 14.7 Å². The Morgan fingerprint density at radius 2 is 1.81 bits per heavy atom. The minimum absolute atomic E-state index is 0.0634. The maximum atomic E-state index is 13.1. The van der Waals surface area contributed by atoms with Gasteiger partial charge in [0.25, 0.3) is 11.7 Å². The third-order valence-electron chi connectivity index (χ3n) is 5.17. The first-order valence-corrected chi connectivity index (χ1v) is 10.6. The molecule has 0 aliphatic carbocycles. The Morgan fingerprint density at radius 1 is 1.10 bits per heavy atom. The lowest BCUT2D eigenvalue weighted by Crippen LogP contribution is -2.29. The average molecular weight is 526 g/mol. The van der Waals surface area contributed by atoms with Crippen LogP contribution in [-0.2, 0) is 16.1 Å². The SMILES string of the molecule is COc1cccc(C(O)=C2C(=O)C(=O)N(Cc3ccncc3)C2c2ccc(I)cc2)c1. The predicted molar refractivity (Wildman–Crippen MR) is 124 cm³/mol. The van der Waals surface area contributed by atoms with Crippen LogP contribution < -0.4 is 4.74 Å². The second-order valence-electron chi connectivity index (χ2n) is 7.07. The van der Waals surface area contributed by atoms with Gasteiger partial charge in [0.2, 0.25) is 0 Å². The fourth-order valence-corrected chi connectivity index (χ4v) is 4.01. The highest BCUT2D eigenvalue weighted by molar-refractivity contribution is 14.1. The lowest BCUT2D eigenvalue weighted by molar-refractivity contribution is -0.140. The number of methoxy groups -OCH3 is 1. The van der Waals surface area contributed by atoms with E-state index in [2.05, 4.69) is 27.6 Å². The Kier molecular flexibility index (Phi) is 6.03. The Balaban J connectivity index is 1.86. The molecule has 0 radical (unpaired) electrons. The van der Waals surface area contributed by atoms with Gasteiger partial charge in [0.05, 0.1) is 18.7 Å². The molecule has 3 aromatic rings. The molecule has 1 amide bonds. The Hall–Kier alpha value is -3.20. The van der Waals surface area contributed by atoms with Crippen LogP contribution in [0.2, 0.25) is 0 Å². The highest BCUT2D eigenvalue weighted by Crippen LogP contribution is 2.40. The number of pyridine rings is 1. The molecular weight excluding hydrogens is 507 g/mol. The molecule has 31 heavy (non-hydrogen) atoms. The average Bonchev–Trinajstić information content (AvgIpc) is 3.05. The van der Waals surface area contributed by atoms with E-state index in [1.807, 2.05) is 24.3 Å². The van der Waals surface area contributed by atoms with E-state index in [9.17, 15) is 14.7 Å². The molecule has 1 aliphatic heterocycles. The Morgan fingerprint density at radius 3 is 2.48 bits per heavy atom. The smallest absolute Gasteiger partial charge is 0.295 e. The number of rotatable bonds is 5. The summed E-state index contributed by atoms with van der Waals surface area (Å²) in [6.07, 6.45) is 3.28. The fourth-order valence-electron chi connectivity index (χ4n) is 3.65. The van der Waals surface area contributed by atoms with E-state index in [-0.39, 0.29) is 17.9 Å². The zero-order chi connectivity index (χ0) is 22.0. The van der Waals surface area contributed by atoms with Gasteiger partial charge in [0.1, 0.15) is 11.5 Å². The molecule has 0 bridgehead atoms. The van der Waals surface area contributed by atoms with Gasteiger partial charge in [-0.2, -0.15) is 0 Å². The molecular formula is C24H19IN2O4. The molecule has 156 valence electrons. The minimum Gasteiger partial charge on any atom is -0.507 e. The van der Waals surface area contributed by atoms with Crippen molar-refractivity contribution >= 4 is 40.0 Å². The summed E-state index contributed by atoms with van der Waals surface area (Å²) in [5, 5.41) is 11.1. The topological polar surface area (TPSA) is 79.7 Å². The number of carbonyl (C=O) groups excluding carboxylic acids is 2. The summed E-state index contributed by atoms with van der Waals surface area (Å²) in [5.74, 6) is -1.04. The first-order chi connectivity index (χ1) is 15.0. The van der Waals surface area contributed by atoms with Gasteiger partial charge in [-0.05, 0) is 70.1 Å². The van der Waals surface area contributed by atoms with Crippen molar-refractivity contribution in [2.45, 2.75) is 12.6 Å². The number of Topliss-reactive ketones (excluding diaryl/α,β-unsaturated/α-hetero) is 1. The van der Waals surface area contributed by atoms with Crippen LogP contribution in [0.25, 0.3) is 5.76 Å². The second-order valence-corrected chi connectivity index (χ2v) is 8.31. The normalized spacial score (nSPS) is 17.7. The highest BCUT2D eigenvalue weighted by atomic mass is 127. The standard InChI is InChI=1S/C24H19IN2O4/c1-31-19-4-2-3-17(13-19)22(28)20-21(16-5-7-18(25)8-6-16)27(24(30)23(20)29)14-15-9-11-26-12-10-15/h2-13,21,28H,14H2,1H3. The number of hydrogen-bond acceptors (Lipinski definition) is 5. The minimum atomic E-state index is -0.712. The van der Waals surface area contributed by atoms with Crippen molar-refractivity contribution in [2.75, 3.05) is 7.11 Å². The van der Waals surface area contributed by atoms with Crippen LogP contribution in [0.1, 0.15) is 22.7 Å². The largest absolute Gasteiger partial charge is 0.507 e. The molecule has 1 fully saturated rings. The van der Waals surface area contributed by atoms with Crippen LogP contribution in [0, 0.1) is 3.57 Å². The molecule has 0 saturated carbocycles. The van der Waals surface area contributed by atoms with E-state index < -0.39 is 17.7 Å². The first kappa shape index (κ1) is 21.0. The number of halogens is 1. The summed E-state index contributed by atoms with van der Waals surface area (Å²) in [7, 11) is 1.53. The third kappa shape index (κ3) is 4.18. The molecule has 7 heteroatoms. The van der Waals surface area contributed by atoms with Gasteiger partial charge in [0, 0.05) is 28.1 Å². The molecule has 1 aliphatic rings. The summed E-state index contributed by atoms with van der Waals surface area (Å²) in [6.45, 7) is 0.221. The third-order valence-corrected chi connectivity index (χ3v) is 5.89. The first-order valence-electron chi connectivity index (χ1n) is 9.57. The van der Waals surface area contributed by atoms with E-state index in [4.69, 9.17) is 4.74 Å². The molecule has 1 aromatic heterocycles. The maximum Gasteiger partial charge on any atom is 0.295 e. The van der Waals surface area contributed by atoms with Crippen LogP contribution in [0.5, 0.6) is 5.75 Å². The number of likely N-dealkylation sites (tertiary alicyclic amines) is 1. The second kappa shape index (κ2) is 8.89. The van der Waals surface area contributed by atoms with Crippen molar-refractivity contribution in [3.8, 4) is 5.75 Å². The molecule has 1 N–H and O–H groups in total. The number of hydrogen-bond donors (Lipinski definition) is 1. The zero-order valence-electron chi connectivity index (χ0n) is 16.7. The molecule has 0 spiro atoms. The molecule has 1 unspecified atom stereocenters. The molecule has 2 aromatic carbocycles. The Labute approximate surface area is 193 Å². The van der Waals surface area contributed by atoms with Crippen LogP contribution in [0.3, 0.4) is 0 Å². The lowest BCUT2D eigenvalue weighted by atomic mass is 9.95. The monoisotopic (exact) mass is 526 g/mol. The van der Waals surface area contributed by atoms with Crippen LogP contribution in [0.4, 0.5) is 0 Å². The number of aliphatic hydroxyl groups excluding tert-OH is 1. The molecule has 1 saturated heterocycles. The lowest BCUT2D eigenvalue weighted by Gasteiger charge is -2.25. The van der Waals surface area contributed by atoms with Crippen molar-refractivity contribution in [2.24, 2.45) is 0 Å². The van der Waals surface area contributed by atoms with Gasteiger partial charge in [0.15, 0.2) is 0 Å². The zero-order valence-corrected chi connectivity index (χ0v) is 18.8. The van der Waals surface area contributed by atoms with Gasteiger partial charge >= 0.3 is 0 Å². The molecule has 4 rings (SSSR count). The van der Waals surface area contributed by atoms with E-state index in [1.165, 1.54) is 12.0 Å². The van der Waals surface area contributed by atoms with Gasteiger partial charge in [-0.3, -0.25) is 14.6 Å². The van der Waals surface area contributed by atoms with Crippen LogP contribution in [-0.4, -0.2) is 33.8 Å². The number of aromatic nitrogens is 1. The summed E-state index contributed by atoms with van der Waals surface area (Å²) in [4.78, 5) is 31.6. The summed E-state index contributed by atoms with van der Waals surface area (Å²) in [5.41, 5.74) is 2.07. The predicted octanol–water partition coefficient (Wildman–Crippen LogP) is 4.32. The van der Waals surface area contributed by atoms with E-state index >= 15 is 0 Å². The van der Waals surface area contributed by atoms with E-state index in [0.717, 1.165) is 14.7 Å². The molecule has 1 atom stereocenters. The van der Waals surface area contributed by atoms with Crippen LogP contribution >= 0.6 is 22.6 Å². The van der Waals surface area contributed by atoms with Crippen molar-refractivity contribution in [1.29, 1.82) is 0 Å². The van der Waals surface area contributed by atoms with Gasteiger partial charge in [-0.1, -0.05) is 24.3 Å². The van der Waals surface area contributed by atoms with Crippen molar-refractivity contribution < 1.29 is 19.4 Å². The van der Waals surface area contributed by atoms with Gasteiger partial charge in [-0.25, -0.2) is 0 Å². The van der Waals surface area contributed by atoms with E-state index in [1.54, 1.807) is 48.8 Å². The number of aliphatic hydroxyl groups is 1. The number of nitrogens with zero attached hydrogens (tertiary/aromatic N) is 2. The molecule has 6 nitrogen and oxygen atoms in total. The number of ether oxygens (including phenoxy) is 1. The van der Waals surface area contributed by atoms with Crippen molar-refractivity contribution in [3.05, 3.63) is 98.9 Å². The Bertz CT molecular complexity index is 1160. The summed E-state index contributed by atoms with van der Waals surface area (Å²) in [6, 6.07) is 17.2. The van der Waals surface area contributed by atoms with Gasteiger partial charge in [-0.15, -0.1) is 0 Å². The number of carbonyl (C=O) groups is 2.